The van der Waals surface area contributed by atoms with Crippen LogP contribution in [0.15, 0.2) is 48.5 Å². The van der Waals surface area contributed by atoms with Crippen LogP contribution >= 0.6 is 23.4 Å². The van der Waals surface area contributed by atoms with Crippen molar-refractivity contribution in [3.8, 4) is 0 Å². The molecule has 132 valence electrons. The van der Waals surface area contributed by atoms with E-state index in [2.05, 4.69) is 29.6 Å². The lowest BCUT2D eigenvalue weighted by Crippen LogP contribution is -2.42. The largest absolute Gasteiger partial charge is 0.348 e. The quantitative estimate of drug-likeness (QED) is 0.744. The van der Waals surface area contributed by atoms with Crippen LogP contribution in [0.4, 0.5) is 0 Å². The van der Waals surface area contributed by atoms with Gasteiger partial charge in [0.05, 0.1) is 10.8 Å². The number of thioether (sulfide) groups is 1. The maximum absolute atomic E-state index is 12.9. The van der Waals surface area contributed by atoms with Crippen molar-refractivity contribution in [3.63, 3.8) is 0 Å². The highest BCUT2D eigenvalue weighted by atomic mass is 35.5. The minimum atomic E-state index is -0.508. The van der Waals surface area contributed by atoms with E-state index in [1.54, 1.807) is 11.8 Å². The minimum Gasteiger partial charge on any atom is -0.348 e. The zero-order valence-corrected chi connectivity index (χ0v) is 16.3. The van der Waals surface area contributed by atoms with E-state index in [0.717, 1.165) is 35.6 Å². The van der Waals surface area contributed by atoms with Gasteiger partial charge in [0.2, 0.25) is 5.91 Å². The number of rotatable bonds is 5. The molecule has 1 N–H and O–H groups in total. The Morgan fingerprint density at radius 1 is 1.20 bits per heavy atom. The summed E-state index contributed by atoms with van der Waals surface area (Å²) in [5.74, 6) is 0.813. The molecule has 2 aromatic carbocycles. The Bertz CT molecular complexity index is 759. The highest BCUT2D eigenvalue weighted by Gasteiger charge is 2.31. The predicted octanol–water partition coefficient (Wildman–Crippen LogP) is 5.55. The third-order valence-electron chi connectivity index (χ3n) is 4.77. The van der Waals surface area contributed by atoms with Crippen LogP contribution in [0.2, 0.25) is 5.02 Å². The number of halogens is 1. The van der Waals surface area contributed by atoms with Crippen molar-refractivity contribution in [2.45, 2.75) is 49.7 Å². The normalized spacial score (nSPS) is 17.0. The van der Waals surface area contributed by atoms with Gasteiger partial charge < -0.3 is 5.32 Å². The van der Waals surface area contributed by atoms with Crippen LogP contribution in [-0.2, 0) is 17.0 Å². The smallest absolute Gasteiger partial charge is 0.236 e. The molecule has 0 unspecified atom stereocenters. The molecule has 0 spiro atoms. The van der Waals surface area contributed by atoms with Crippen molar-refractivity contribution in [3.05, 3.63) is 70.2 Å². The molecule has 1 amide bonds. The van der Waals surface area contributed by atoms with E-state index in [1.807, 2.05) is 38.1 Å². The summed E-state index contributed by atoms with van der Waals surface area (Å²) >= 11 is 7.86. The van der Waals surface area contributed by atoms with Crippen molar-refractivity contribution >= 4 is 29.3 Å². The third kappa shape index (κ3) is 4.39. The zero-order valence-electron chi connectivity index (χ0n) is 14.7. The second-order valence-electron chi connectivity index (χ2n) is 7.01. The summed E-state index contributed by atoms with van der Waals surface area (Å²) in [7, 11) is 0. The zero-order chi connectivity index (χ0) is 17.9. The van der Waals surface area contributed by atoms with Crippen LogP contribution in [0, 0.1) is 0 Å². The number of hydrogen-bond acceptors (Lipinski definition) is 2. The van der Waals surface area contributed by atoms with Gasteiger partial charge in [-0.15, -0.1) is 11.8 Å². The van der Waals surface area contributed by atoms with Crippen LogP contribution in [0.3, 0.4) is 0 Å². The standard InChI is InChI=1S/C21H24ClNOS/c1-21(2,25-14-16-9-4-6-12-18(16)22)20(24)23-19-13-7-10-15-8-3-5-11-17(15)19/h3-6,8-9,11-12,19H,7,10,13-14H2,1-2H3,(H,23,24)/t19-/m0/s1. The first-order chi connectivity index (χ1) is 12.0. The van der Waals surface area contributed by atoms with Crippen LogP contribution in [0.25, 0.3) is 0 Å². The molecule has 25 heavy (non-hydrogen) atoms. The number of hydrogen-bond donors (Lipinski definition) is 1. The van der Waals surface area contributed by atoms with Crippen molar-refractivity contribution in [2.24, 2.45) is 0 Å². The number of carbonyl (C=O) groups is 1. The van der Waals surface area contributed by atoms with Gasteiger partial charge in [0, 0.05) is 10.8 Å². The number of nitrogens with one attached hydrogen (secondary N) is 1. The monoisotopic (exact) mass is 373 g/mol. The number of aryl methyl sites for hydroxylation is 1. The maximum Gasteiger partial charge on any atom is 0.236 e. The van der Waals surface area contributed by atoms with Crippen LogP contribution < -0.4 is 5.32 Å². The second-order valence-corrected chi connectivity index (χ2v) is 9.01. The van der Waals surface area contributed by atoms with Crippen molar-refractivity contribution in [2.75, 3.05) is 0 Å². The van der Waals surface area contributed by atoms with Crippen molar-refractivity contribution in [1.29, 1.82) is 0 Å². The molecule has 0 saturated carbocycles. The average molecular weight is 374 g/mol. The summed E-state index contributed by atoms with van der Waals surface area (Å²) in [6.07, 6.45) is 3.23. The maximum atomic E-state index is 12.9. The molecule has 0 fully saturated rings. The van der Waals surface area contributed by atoms with Gasteiger partial charge in [-0.25, -0.2) is 0 Å². The molecule has 0 bridgehead atoms. The van der Waals surface area contributed by atoms with Crippen LogP contribution in [0.5, 0.6) is 0 Å². The first-order valence-electron chi connectivity index (χ1n) is 8.73. The Hall–Kier alpha value is -1.45. The van der Waals surface area contributed by atoms with Gasteiger partial charge in [-0.05, 0) is 55.9 Å². The topological polar surface area (TPSA) is 29.1 Å². The summed E-state index contributed by atoms with van der Waals surface area (Å²) in [5, 5.41) is 4.03. The lowest BCUT2D eigenvalue weighted by atomic mass is 9.87. The van der Waals surface area contributed by atoms with Gasteiger partial charge in [0.15, 0.2) is 0 Å². The van der Waals surface area contributed by atoms with E-state index in [1.165, 1.54) is 11.1 Å². The number of benzene rings is 2. The average Bonchev–Trinajstić information content (AvgIpc) is 2.61. The third-order valence-corrected chi connectivity index (χ3v) is 6.50. The van der Waals surface area contributed by atoms with E-state index >= 15 is 0 Å². The van der Waals surface area contributed by atoms with Gasteiger partial charge in [0.25, 0.3) is 0 Å². The molecule has 0 radical (unpaired) electrons. The summed E-state index contributed by atoms with van der Waals surface area (Å²) in [6, 6.07) is 16.4. The molecule has 3 rings (SSSR count). The van der Waals surface area contributed by atoms with Crippen molar-refractivity contribution < 1.29 is 4.79 Å². The van der Waals surface area contributed by atoms with Gasteiger partial charge in [-0.3, -0.25) is 4.79 Å². The molecule has 1 aliphatic carbocycles. The molecule has 2 aromatic rings. The van der Waals surface area contributed by atoms with E-state index < -0.39 is 4.75 Å². The van der Waals surface area contributed by atoms with Gasteiger partial charge in [0.1, 0.15) is 0 Å². The molecule has 1 aliphatic rings. The molecular formula is C21H24ClNOS. The Kier molecular flexibility index (Phi) is 5.75. The Balaban J connectivity index is 1.65. The molecule has 1 atom stereocenters. The van der Waals surface area contributed by atoms with Gasteiger partial charge in [-0.1, -0.05) is 54.1 Å². The number of amides is 1. The molecule has 0 aromatic heterocycles. The van der Waals surface area contributed by atoms with E-state index in [4.69, 9.17) is 11.6 Å². The summed E-state index contributed by atoms with van der Waals surface area (Å²) < 4.78 is -0.508. The van der Waals surface area contributed by atoms with E-state index in [0.29, 0.717) is 0 Å². The lowest BCUT2D eigenvalue weighted by molar-refractivity contribution is -0.123. The molecule has 4 heteroatoms. The molecule has 0 heterocycles. The summed E-state index contributed by atoms with van der Waals surface area (Å²) in [4.78, 5) is 12.9. The molecular weight excluding hydrogens is 350 g/mol. The Morgan fingerprint density at radius 3 is 2.72 bits per heavy atom. The van der Waals surface area contributed by atoms with E-state index in [9.17, 15) is 4.79 Å². The summed E-state index contributed by atoms with van der Waals surface area (Å²) in [5.41, 5.74) is 3.70. The molecule has 0 aliphatic heterocycles. The first-order valence-corrected chi connectivity index (χ1v) is 10.1. The molecule has 2 nitrogen and oxygen atoms in total. The number of fused-ring (bicyclic) bond motifs is 1. The Labute approximate surface area is 159 Å². The fourth-order valence-electron chi connectivity index (χ4n) is 3.18. The minimum absolute atomic E-state index is 0.0891. The van der Waals surface area contributed by atoms with E-state index in [-0.39, 0.29) is 11.9 Å². The predicted molar refractivity (Wildman–Crippen MR) is 107 cm³/mol. The fraction of sp³-hybridized carbons (Fsp3) is 0.381. The second kappa shape index (κ2) is 7.84. The van der Waals surface area contributed by atoms with Crippen LogP contribution in [-0.4, -0.2) is 10.7 Å². The van der Waals surface area contributed by atoms with Crippen molar-refractivity contribution in [1.82, 2.24) is 5.32 Å². The SMILES string of the molecule is CC(C)(SCc1ccccc1Cl)C(=O)N[C@H]1CCCc2ccccc21. The fourth-order valence-corrected chi connectivity index (χ4v) is 4.41. The highest BCUT2D eigenvalue weighted by molar-refractivity contribution is 8.00. The highest BCUT2D eigenvalue weighted by Crippen LogP contribution is 2.34. The van der Waals surface area contributed by atoms with Gasteiger partial charge >= 0.3 is 0 Å². The first kappa shape index (κ1) is 18.3. The van der Waals surface area contributed by atoms with Gasteiger partial charge in [-0.2, -0.15) is 0 Å². The number of carbonyl (C=O) groups excluding carboxylic acids is 1. The Morgan fingerprint density at radius 2 is 1.92 bits per heavy atom. The van der Waals surface area contributed by atoms with Crippen LogP contribution in [0.1, 0.15) is 49.4 Å². The lowest BCUT2D eigenvalue weighted by Gasteiger charge is -2.30. The summed E-state index contributed by atoms with van der Waals surface area (Å²) in [6.45, 7) is 3.97. The molecule has 0 saturated heterocycles.